The zero-order valence-electron chi connectivity index (χ0n) is 26.2. The van der Waals surface area contributed by atoms with Crippen molar-refractivity contribution in [3.05, 3.63) is 65.2 Å². The van der Waals surface area contributed by atoms with E-state index in [2.05, 4.69) is 20.7 Å². The van der Waals surface area contributed by atoms with E-state index in [0.717, 1.165) is 5.56 Å². The molecule has 0 saturated heterocycles. The van der Waals surface area contributed by atoms with Crippen LogP contribution in [0.2, 0.25) is 0 Å². The summed E-state index contributed by atoms with van der Waals surface area (Å²) in [4.78, 5) is 53.8. The maximum atomic E-state index is 13.2. The zero-order valence-corrected chi connectivity index (χ0v) is 27.0. The highest BCUT2D eigenvalue weighted by atomic mass is 32.2. The second-order valence-electron chi connectivity index (χ2n) is 12.4. The molecule has 0 spiro atoms. The van der Waals surface area contributed by atoms with Gasteiger partial charge in [-0.1, -0.05) is 65.0 Å². The third-order valence-electron chi connectivity index (χ3n) is 7.61. The Morgan fingerprint density at radius 1 is 1.00 bits per heavy atom. The lowest BCUT2D eigenvalue weighted by Crippen LogP contribution is -2.61. The molecule has 0 bridgehead atoms. The molecule has 0 saturated carbocycles. The van der Waals surface area contributed by atoms with E-state index in [-0.39, 0.29) is 17.3 Å². The first-order chi connectivity index (χ1) is 20.5. The van der Waals surface area contributed by atoms with Crippen molar-refractivity contribution < 1.29 is 32.7 Å². The molecule has 1 aliphatic rings. The first kappa shape index (κ1) is 34.8. The Balaban J connectivity index is 1.63. The molecule has 12 nitrogen and oxygen atoms in total. The van der Waals surface area contributed by atoms with Crippen molar-refractivity contribution in [3.8, 4) is 0 Å². The number of nitrogens with one attached hydrogen (secondary N) is 4. The normalized spacial score (nSPS) is 16.2. The number of hydrogen-bond donors (Lipinski definition) is 5. The van der Waals surface area contributed by atoms with Gasteiger partial charge in [0.05, 0.1) is 23.0 Å². The number of hydrogen-bond acceptors (Lipinski definition) is 8. The van der Waals surface area contributed by atoms with E-state index < -0.39 is 63.3 Å². The van der Waals surface area contributed by atoms with Gasteiger partial charge in [0, 0.05) is 18.7 Å². The monoisotopic (exact) mass is 629 g/mol. The highest BCUT2D eigenvalue weighted by Gasteiger charge is 2.43. The number of sulfonamides is 1. The summed E-state index contributed by atoms with van der Waals surface area (Å²) in [6, 6.07) is 10.3. The van der Waals surface area contributed by atoms with Crippen LogP contribution >= 0.6 is 0 Å². The summed E-state index contributed by atoms with van der Waals surface area (Å²) in [6.45, 7) is 10.9. The molecule has 4 unspecified atom stereocenters. The Morgan fingerprint density at radius 2 is 1.61 bits per heavy atom. The Kier molecular flexibility index (Phi) is 11.1. The van der Waals surface area contributed by atoms with E-state index in [0.29, 0.717) is 17.7 Å². The molecular formula is C31H43N5O7S. The summed E-state index contributed by atoms with van der Waals surface area (Å²) in [6.07, 6.45) is -1.28. The number of carbonyl (C=O) groups excluding carboxylic acids is 4. The molecule has 1 heterocycles. The van der Waals surface area contributed by atoms with Crippen LogP contribution in [0.4, 0.5) is 0 Å². The highest BCUT2D eigenvalue weighted by Crippen LogP contribution is 2.33. The fourth-order valence-electron chi connectivity index (χ4n) is 5.16. The number of amides is 3. The summed E-state index contributed by atoms with van der Waals surface area (Å²) in [5, 5.41) is 19.3. The van der Waals surface area contributed by atoms with Gasteiger partial charge in [-0.2, -0.15) is 0 Å². The molecular weight excluding hydrogens is 586 g/mol. The van der Waals surface area contributed by atoms with Gasteiger partial charge in [0.15, 0.2) is 0 Å². The van der Waals surface area contributed by atoms with Gasteiger partial charge in [-0.3, -0.25) is 24.5 Å². The number of fused-ring (bicyclic) bond motifs is 1. The molecule has 0 aliphatic carbocycles. The SMILES string of the molecule is CNS(=O)(=O)c1ccc(CNC(=O)C(=O)C(NC(=O)C(C)NC(O)C(N2Cc3ccccc3C2=O)C(C)(C)C)C(C)C)cc1. The van der Waals surface area contributed by atoms with Crippen LogP contribution in [-0.4, -0.2) is 73.3 Å². The van der Waals surface area contributed by atoms with Crippen LogP contribution in [0.1, 0.15) is 63.0 Å². The minimum Gasteiger partial charge on any atom is -0.376 e. The van der Waals surface area contributed by atoms with Crippen LogP contribution in [-0.2, 0) is 37.5 Å². The number of aliphatic hydroxyl groups excluding tert-OH is 1. The number of benzene rings is 2. The second kappa shape index (κ2) is 14.0. The molecule has 5 N–H and O–H groups in total. The van der Waals surface area contributed by atoms with Crippen LogP contribution in [0, 0.1) is 11.3 Å². The predicted molar refractivity (Wildman–Crippen MR) is 164 cm³/mol. The molecule has 0 fully saturated rings. The first-order valence-corrected chi connectivity index (χ1v) is 15.9. The van der Waals surface area contributed by atoms with Crippen LogP contribution < -0.4 is 20.7 Å². The average Bonchev–Trinajstić information content (AvgIpc) is 3.28. The lowest BCUT2D eigenvalue weighted by Gasteiger charge is -2.41. The molecule has 3 amide bonds. The van der Waals surface area contributed by atoms with Crippen molar-refractivity contribution in [2.45, 2.75) is 83.9 Å². The van der Waals surface area contributed by atoms with Gasteiger partial charge in [0.2, 0.25) is 21.7 Å². The van der Waals surface area contributed by atoms with Crippen molar-refractivity contribution in [2.24, 2.45) is 11.3 Å². The molecule has 44 heavy (non-hydrogen) atoms. The lowest BCUT2D eigenvalue weighted by atomic mass is 9.84. The largest absolute Gasteiger partial charge is 0.376 e. The number of rotatable bonds is 13. The lowest BCUT2D eigenvalue weighted by molar-refractivity contribution is -0.141. The molecule has 1 aliphatic heterocycles. The summed E-state index contributed by atoms with van der Waals surface area (Å²) < 4.78 is 26.0. The number of nitrogens with zero attached hydrogens (tertiary/aromatic N) is 1. The molecule has 0 aromatic heterocycles. The van der Waals surface area contributed by atoms with Gasteiger partial charge in [-0.05, 0) is 54.6 Å². The Labute approximate surface area is 259 Å². The Morgan fingerprint density at radius 3 is 2.16 bits per heavy atom. The fraction of sp³-hybridized carbons (Fsp3) is 0.484. The summed E-state index contributed by atoms with van der Waals surface area (Å²) >= 11 is 0. The van der Waals surface area contributed by atoms with Gasteiger partial charge in [0.25, 0.3) is 11.8 Å². The molecule has 2 aromatic carbocycles. The van der Waals surface area contributed by atoms with Gasteiger partial charge >= 0.3 is 0 Å². The second-order valence-corrected chi connectivity index (χ2v) is 14.2. The third-order valence-corrected chi connectivity index (χ3v) is 9.04. The number of Topliss-reactive ketones (excluding diaryl/α,β-unsaturated/α-hetero) is 1. The minimum atomic E-state index is -3.61. The van der Waals surface area contributed by atoms with Gasteiger partial charge in [-0.15, -0.1) is 0 Å². The minimum absolute atomic E-state index is 0.0271. The number of aliphatic hydroxyl groups is 1. The molecule has 3 rings (SSSR count). The smallest absolute Gasteiger partial charge is 0.289 e. The van der Waals surface area contributed by atoms with Crippen molar-refractivity contribution in [2.75, 3.05) is 7.05 Å². The van der Waals surface area contributed by atoms with E-state index >= 15 is 0 Å². The van der Waals surface area contributed by atoms with E-state index in [1.54, 1.807) is 30.9 Å². The van der Waals surface area contributed by atoms with Crippen LogP contribution in [0.25, 0.3) is 0 Å². The molecule has 240 valence electrons. The summed E-state index contributed by atoms with van der Waals surface area (Å²) in [7, 11) is -2.30. The van der Waals surface area contributed by atoms with Crippen molar-refractivity contribution in [1.29, 1.82) is 0 Å². The maximum absolute atomic E-state index is 13.2. The van der Waals surface area contributed by atoms with Gasteiger partial charge < -0.3 is 20.6 Å². The van der Waals surface area contributed by atoms with Crippen LogP contribution in [0.15, 0.2) is 53.4 Å². The number of ketones is 1. The van der Waals surface area contributed by atoms with E-state index in [4.69, 9.17) is 0 Å². The number of carbonyl (C=O) groups is 4. The Bertz CT molecular complexity index is 1490. The van der Waals surface area contributed by atoms with Crippen molar-refractivity contribution >= 4 is 33.5 Å². The van der Waals surface area contributed by atoms with Gasteiger partial charge in [0.1, 0.15) is 6.23 Å². The van der Waals surface area contributed by atoms with Crippen LogP contribution in [0.5, 0.6) is 0 Å². The van der Waals surface area contributed by atoms with E-state index in [9.17, 15) is 32.7 Å². The van der Waals surface area contributed by atoms with E-state index in [1.807, 2.05) is 32.9 Å². The maximum Gasteiger partial charge on any atom is 0.289 e. The third kappa shape index (κ3) is 8.08. The first-order valence-electron chi connectivity index (χ1n) is 14.5. The Hall–Kier alpha value is -3.65. The molecule has 0 radical (unpaired) electrons. The summed E-state index contributed by atoms with van der Waals surface area (Å²) in [5.74, 6) is -2.98. The highest BCUT2D eigenvalue weighted by molar-refractivity contribution is 7.89. The van der Waals surface area contributed by atoms with Crippen LogP contribution in [0.3, 0.4) is 0 Å². The fourth-order valence-corrected chi connectivity index (χ4v) is 5.89. The molecule has 13 heteroatoms. The standard InChI is InChI=1S/C31H43N5O7S/c1-18(2)24(25(37)28(39)33-16-20-12-14-22(15-13-20)44(42,43)32-7)35-27(38)19(3)34-29(40)26(31(4,5)6)36-17-21-10-8-9-11-23(21)30(36)41/h8-15,18-19,24,26,29,32,34,40H,16-17H2,1-7H3,(H,33,39)(H,35,38). The summed E-state index contributed by atoms with van der Waals surface area (Å²) in [5.41, 5.74) is 1.46. The zero-order chi connectivity index (χ0) is 33.0. The van der Waals surface area contributed by atoms with Crippen molar-refractivity contribution in [3.63, 3.8) is 0 Å². The molecule has 2 aromatic rings. The molecule has 4 atom stereocenters. The van der Waals surface area contributed by atoms with E-state index in [1.165, 1.54) is 38.2 Å². The predicted octanol–water partition coefficient (Wildman–Crippen LogP) is 1.29. The quantitative estimate of drug-likeness (QED) is 0.163. The topological polar surface area (TPSA) is 174 Å². The average molecular weight is 630 g/mol. The van der Waals surface area contributed by atoms with Crippen molar-refractivity contribution in [1.82, 2.24) is 25.6 Å². The van der Waals surface area contributed by atoms with Gasteiger partial charge in [-0.25, -0.2) is 13.1 Å².